The third-order valence-corrected chi connectivity index (χ3v) is 3.21. The van der Waals surface area contributed by atoms with Crippen molar-refractivity contribution < 1.29 is 9.18 Å². The van der Waals surface area contributed by atoms with Crippen LogP contribution in [-0.2, 0) is 0 Å². The first-order valence-corrected chi connectivity index (χ1v) is 5.94. The highest BCUT2D eigenvalue weighted by Gasteiger charge is 2.22. The van der Waals surface area contributed by atoms with Crippen LogP contribution >= 0.6 is 12.4 Å². The van der Waals surface area contributed by atoms with Crippen LogP contribution in [0.15, 0.2) is 24.3 Å². The second kappa shape index (κ2) is 6.71. The Hall–Kier alpha value is -1.13. The first-order valence-electron chi connectivity index (χ1n) is 5.94. The summed E-state index contributed by atoms with van der Waals surface area (Å²) in [6, 6.07) is 5.84. The maximum Gasteiger partial charge on any atom is 0.251 e. The lowest BCUT2D eigenvalue weighted by atomic mass is 9.95. The molecule has 3 nitrogen and oxygen atoms in total. The number of rotatable bonds is 2. The SMILES string of the molecule is CC1CNCCC1NC(=O)c1ccc(F)cc1.Cl. The second-order valence-electron chi connectivity index (χ2n) is 4.56. The number of piperidine rings is 1. The van der Waals surface area contributed by atoms with Crippen molar-refractivity contribution in [1.29, 1.82) is 0 Å². The molecule has 0 spiro atoms. The Morgan fingerprint density at radius 3 is 2.67 bits per heavy atom. The van der Waals surface area contributed by atoms with Crippen LogP contribution in [0.2, 0.25) is 0 Å². The minimum absolute atomic E-state index is 0. The number of carbonyl (C=O) groups excluding carboxylic acids is 1. The molecule has 2 atom stereocenters. The number of carbonyl (C=O) groups is 1. The van der Waals surface area contributed by atoms with Gasteiger partial charge in [-0.25, -0.2) is 4.39 Å². The van der Waals surface area contributed by atoms with Gasteiger partial charge in [-0.15, -0.1) is 12.4 Å². The molecule has 2 unspecified atom stereocenters. The summed E-state index contributed by atoms with van der Waals surface area (Å²) in [5, 5.41) is 6.29. The van der Waals surface area contributed by atoms with Crippen molar-refractivity contribution in [1.82, 2.24) is 10.6 Å². The Morgan fingerprint density at radius 2 is 2.06 bits per heavy atom. The van der Waals surface area contributed by atoms with E-state index in [4.69, 9.17) is 0 Å². The number of halogens is 2. The van der Waals surface area contributed by atoms with E-state index in [-0.39, 0.29) is 30.2 Å². The molecular weight excluding hydrogens is 255 g/mol. The fourth-order valence-electron chi connectivity index (χ4n) is 2.08. The molecule has 100 valence electrons. The van der Waals surface area contributed by atoms with Crippen molar-refractivity contribution in [3.05, 3.63) is 35.6 Å². The van der Waals surface area contributed by atoms with Crippen molar-refractivity contribution in [3.63, 3.8) is 0 Å². The van der Waals surface area contributed by atoms with E-state index in [9.17, 15) is 9.18 Å². The fraction of sp³-hybridized carbons (Fsp3) is 0.462. The molecule has 1 aromatic carbocycles. The first kappa shape index (κ1) is 14.9. The average molecular weight is 273 g/mol. The summed E-state index contributed by atoms with van der Waals surface area (Å²) in [5.41, 5.74) is 0.511. The lowest BCUT2D eigenvalue weighted by Crippen LogP contribution is -2.48. The molecule has 0 aliphatic carbocycles. The minimum atomic E-state index is -0.322. The van der Waals surface area contributed by atoms with E-state index in [1.807, 2.05) is 0 Å². The molecule has 1 aliphatic rings. The highest BCUT2D eigenvalue weighted by atomic mass is 35.5. The zero-order valence-electron chi connectivity index (χ0n) is 10.3. The predicted octanol–water partition coefficient (Wildman–Crippen LogP) is 1.98. The summed E-state index contributed by atoms with van der Waals surface area (Å²) in [7, 11) is 0. The van der Waals surface area contributed by atoms with Crippen LogP contribution in [0.25, 0.3) is 0 Å². The zero-order valence-corrected chi connectivity index (χ0v) is 11.1. The Bertz CT molecular complexity index is 396. The van der Waals surface area contributed by atoms with Gasteiger partial charge in [-0.3, -0.25) is 4.79 Å². The normalized spacial score (nSPS) is 23.0. The fourth-order valence-corrected chi connectivity index (χ4v) is 2.08. The maximum atomic E-state index is 12.7. The number of hydrogen-bond donors (Lipinski definition) is 2. The van der Waals surface area contributed by atoms with Crippen LogP contribution in [0.3, 0.4) is 0 Å². The molecule has 1 amide bonds. The largest absolute Gasteiger partial charge is 0.349 e. The Morgan fingerprint density at radius 1 is 1.39 bits per heavy atom. The molecule has 1 saturated heterocycles. The molecule has 0 aromatic heterocycles. The van der Waals surface area contributed by atoms with Gasteiger partial charge in [0.25, 0.3) is 5.91 Å². The van der Waals surface area contributed by atoms with Gasteiger partial charge >= 0.3 is 0 Å². The Kier molecular flexibility index (Phi) is 5.56. The van der Waals surface area contributed by atoms with E-state index >= 15 is 0 Å². The third-order valence-electron chi connectivity index (χ3n) is 3.21. The molecule has 2 rings (SSSR count). The topological polar surface area (TPSA) is 41.1 Å². The standard InChI is InChI=1S/C13H17FN2O.ClH/c1-9-8-15-7-6-12(9)16-13(17)10-2-4-11(14)5-3-10;/h2-5,9,12,15H,6-8H2,1H3,(H,16,17);1H. The molecule has 1 heterocycles. The predicted molar refractivity (Wildman–Crippen MR) is 71.6 cm³/mol. The van der Waals surface area contributed by atoms with E-state index in [0.717, 1.165) is 19.5 Å². The van der Waals surface area contributed by atoms with E-state index in [2.05, 4.69) is 17.6 Å². The van der Waals surface area contributed by atoms with Crippen molar-refractivity contribution in [2.24, 2.45) is 5.92 Å². The molecule has 2 N–H and O–H groups in total. The quantitative estimate of drug-likeness (QED) is 0.864. The van der Waals surface area contributed by atoms with Crippen LogP contribution in [0, 0.1) is 11.7 Å². The monoisotopic (exact) mass is 272 g/mol. The Balaban J connectivity index is 0.00000162. The summed E-state index contributed by atoms with van der Waals surface area (Å²) in [6.45, 7) is 3.97. The summed E-state index contributed by atoms with van der Waals surface area (Å²) in [4.78, 5) is 11.9. The van der Waals surface area contributed by atoms with E-state index in [0.29, 0.717) is 11.5 Å². The van der Waals surface area contributed by atoms with E-state index < -0.39 is 0 Å². The van der Waals surface area contributed by atoms with Gasteiger partial charge in [-0.1, -0.05) is 6.92 Å². The maximum absolute atomic E-state index is 12.7. The number of amides is 1. The Labute approximate surface area is 113 Å². The zero-order chi connectivity index (χ0) is 12.3. The first-order chi connectivity index (χ1) is 8.16. The van der Waals surface area contributed by atoms with Gasteiger partial charge in [-0.2, -0.15) is 0 Å². The van der Waals surface area contributed by atoms with Crippen molar-refractivity contribution in [2.75, 3.05) is 13.1 Å². The summed E-state index contributed by atoms with van der Waals surface area (Å²) < 4.78 is 12.7. The molecule has 1 aromatic rings. The lowest BCUT2D eigenvalue weighted by molar-refractivity contribution is 0.0914. The highest BCUT2D eigenvalue weighted by molar-refractivity contribution is 5.94. The van der Waals surface area contributed by atoms with Gasteiger partial charge in [0.15, 0.2) is 0 Å². The highest BCUT2D eigenvalue weighted by Crippen LogP contribution is 2.11. The number of hydrogen-bond acceptors (Lipinski definition) is 2. The van der Waals surface area contributed by atoms with Gasteiger partial charge in [0.2, 0.25) is 0 Å². The minimum Gasteiger partial charge on any atom is -0.349 e. The van der Waals surface area contributed by atoms with E-state index in [1.165, 1.54) is 24.3 Å². The van der Waals surface area contributed by atoms with Crippen LogP contribution in [-0.4, -0.2) is 25.0 Å². The van der Waals surface area contributed by atoms with Gasteiger partial charge in [0, 0.05) is 11.6 Å². The molecule has 5 heteroatoms. The second-order valence-corrected chi connectivity index (χ2v) is 4.56. The van der Waals surface area contributed by atoms with Crippen LogP contribution in [0.1, 0.15) is 23.7 Å². The molecule has 1 aliphatic heterocycles. The van der Waals surface area contributed by atoms with Gasteiger partial charge in [0.1, 0.15) is 5.82 Å². The van der Waals surface area contributed by atoms with Crippen LogP contribution in [0.4, 0.5) is 4.39 Å². The third kappa shape index (κ3) is 3.68. The molecule has 0 bridgehead atoms. The van der Waals surface area contributed by atoms with Crippen LogP contribution < -0.4 is 10.6 Å². The molecular formula is C13H18ClFN2O. The molecule has 0 radical (unpaired) electrons. The summed E-state index contributed by atoms with van der Waals surface area (Å²) in [5.74, 6) is -0.0197. The van der Waals surface area contributed by atoms with Crippen LogP contribution in [0.5, 0.6) is 0 Å². The molecule has 18 heavy (non-hydrogen) atoms. The average Bonchev–Trinajstić information content (AvgIpc) is 2.33. The van der Waals surface area contributed by atoms with Crippen molar-refractivity contribution in [2.45, 2.75) is 19.4 Å². The smallest absolute Gasteiger partial charge is 0.251 e. The van der Waals surface area contributed by atoms with Gasteiger partial charge in [-0.05, 0) is 49.7 Å². The van der Waals surface area contributed by atoms with Crippen molar-refractivity contribution >= 4 is 18.3 Å². The van der Waals surface area contributed by atoms with Crippen molar-refractivity contribution in [3.8, 4) is 0 Å². The lowest BCUT2D eigenvalue weighted by Gasteiger charge is -2.30. The van der Waals surface area contributed by atoms with Gasteiger partial charge in [0.05, 0.1) is 0 Å². The molecule has 0 saturated carbocycles. The summed E-state index contributed by atoms with van der Waals surface area (Å²) >= 11 is 0. The molecule has 1 fully saturated rings. The number of nitrogens with one attached hydrogen (secondary N) is 2. The summed E-state index contributed by atoms with van der Waals surface area (Å²) in [6.07, 6.45) is 0.939. The van der Waals surface area contributed by atoms with Gasteiger partial charge < -0.3 is 10.6 Å². The number of benzene rings is 1. The van der Waals surface area contributed by atoms with E-state index in [1.54, 1.807) is 0 Å².